The Bertz CT molecular complexity index is 248. The van der Waals surface area contributed by atoms with E-state index < -0.39 is 0 Å². The number of likely N-dealkylation sites (N-methyl/N-ethyl adjacent to an activating group) is 1. The Morgan fingerprint density at radius 2 is 2.50 bits per heavy atom. The van der Waals surface area contributed by atoms with Gasteiger partial charge in [0.25, 0.3) is 0 Å². The summed E-state index contributed by atoms with van der Waals surface area (Å²) in [7, 11) is 1.62. The van der Waals surface area contributed by atoms with Gasteiger partial charge in [0.05, 0.1) is 12.1 Å². The maximum Gasteiger partial charge on any atom is 0.238 e. The molecule has 0 aromatic heterocycles. The lowest BCUT2D eigenvalue weighted by molar-refractivity contribution is -0.127. The van der Waals surface area contributed by atoms with Crippen molar-refractivity contribution >= 4 is 5.91 Å². The molecule has 1 amide bonds. The van der Waals surface area contributed by atoms with Crippen LogP contribution in [0, 0.1) is 11.3 Å². The summed E-state index contributed by atoms with van der Waals surface area (Å²) in [5.74, 6) is -0.0284. The average molecular weight is 196 g/mol. The van der Waals surface area contributed by atoms with Gasteiger partial charge in [0.2, 0.25) is 5.91 Å². The Labute approximate surface area is 84.1 Å². The summed E-state index contributed by atoms with van der Waals surface area (Å²) in [5, 5.41) is 14.6. The number of carbonyl (C=O) groups is 1. The summed E-state index contributed by atoms with van der Waals surface area (Å²) >= 11 is 0. The molecule has 14 heavy (non-hydrogen) atoms. The van der Waals surface area contributed by atoms with Crippen LogP contribution in [-0.4, -0.2) is 49.6 Å². The first-order valence-corrected chi connectivity index (χ1v) is 4.78. The smallest absolute Gasteiger partial charge is 0.238 e. The van der Waals surface area contributed by atoms with Crippen LogP contribution in [0.25, 0.3) is 0 Å². The topological polar surface area (TPSA) is 68.2 Å². The molecule has 5 heteroatoms. The third-order valence-electron chi connectivity index (χ3n) is 2.52. The lowest BCUT2D eigenvalue weighted by Crippen LogP contribution is -2.59. The lowest BCUT2D eigenvalue weighted by Gasteiger charge is -2.36. The molecule has 0 radical (unpaired) electrons. The Kier molecular flexibility index (Phi) is 3.86. The minimum Gasteiger partial charge on any atom is -0.358 e. The molecule has 0 aromatic carbocycles. The first-order chi connectivity index (χ1) is 6.70. The van der Waals surface area contributed by atoms with Gasteiger partial charge in [-0.15, -0.1) is 0 Å². The van der Waals surface area contributed by atoms with Crippen LogP contribution in [0.3, 0.4) is 0 Å². The highest BCUT2D eigenvalue weighted by atomic mass is 16.2. The Morgan fingerprint density at radius 3 is 3.07 bits per heavy atom. The Balaban J connectivity index is 2.69. The van der Waals surface area contributed by atoms with Gasteiger partial charge in [-0.2, -0.15) is 5.26 Å². The maximum atomic E-state index is 11.5. The van der Waals surface area contributed by atoms with Gasteiger partial charge >= 0.3 is 0 Å². The van der Waals surface area contributed by atoms with E-state index in [2.05, 4.69) is 16.7 Å². The van der Waals surface area contributed by atoms with Crippen LogP contribution in [0.15, 0.2) is 0 Å². The van der Waals surface area contributed by atoms with Crippen molar-refractivity contribution in [3.63, 3.8) is 0 Å². The first-order valence-electron chi connectivity index (χ1n) is 4.78. The molecule has 0 aromatic rings. The van der Waals surface area contributed by atoms with Gasteiger partial charge in [-0.05, 0) is 6.92 Å². The van der Waals surface area contributed by atoms with E-state index in [0.29, 0.717) is 6.54 Å². The first kappa shape index (κ1) is 11.0. The third-order valence-corrected chi connectivity index (χ3v) is 2.52. The standard InChI is InChI=1S/C9H16N4O/c1-7(5-10)13-4-3-12-6-8(13)9(14)11-2/h7-8,12H,3-4,6H2,1-2H3,(H,11,14). The van der Waals surface area contributed by atoms with Crippen molar-refractivity contribution in [3.8, 4) is 6.07 Å². The van der Waals surface area contributed by atoms with Gasteiger partial charge < -0.3 is 10.6 Å². The molecule has 1 saturated heterocycles. The molecule has 1 rings (SSSR count). The Hall–Kier alpha value is -1.12. The predicted octanol–water partition coefficient (Wildman–Crippen LogP) is -1.08. The summed E-state index contributed by atoms with van der Waals surface area (Å²) in [6.45, 7) is 4.01. The average Bonchev–Trinajstić information content (AvgIpc) is 2.27. The van der Waals surface area contributed by atoms with Crippen molar-refractivity contribution in [3.05, 3.63) is 0 Å². The van der Waals surface area contributed by atoms with Crippen molar-refractivity contribution in [2.75, 3.05) is 26.7 Å². The zero-order chi connectivity index (χ0) is 10.6. The van der Waals surface area contributed by atoms with Gasteiger partial charge in [-0.1, -0.05) is 0 Å². The van der Waals surface area contributed by atoms with E-state index in [4.69, 9.17) is 5.26 Å². The number of nitriles is 1. The normalized spacial score (nSPS) is 25.1. The summed E-state index contributed by atoms with van der Waals surface area (Å²) in [6, 6.07) is 1.73. The third kappa shape index (κ3) is 2.22. The van der Waals surface area contributed by atoms with Crippen LogP contribution in [-0.2, 0) is 4.79 Å². The summed E-state index contributed by atoms with van der Waals surface area (Å²) in [6.07, 6.45) is 0. The molecule has 78 valence electrons. The SMILES string of the molecule is CNC(=O)C1CNCCN1C(C)C#N. The highest BCUT2D eigenvalue weighted by Gasteiger charge is 2.30. The van der Waals surface area contributed by atoms with E-state index in [1.807, 2.05) is 11.8 Å². The molecule has 1 aliphatic heterocycles. The van der Waals surface area contributed by atoms with Crippen molar-refractivity contribution in [2.24, 2.45) is 0 Å². The van der Waals surface area contributed by atoms with Crippen LogP contribution in [0.4, 0.5) is 0 Å². The summed E-state index contributed by atoms with van der Waals surface area (Å²) in [4.78, 5) is 13.4. The second kappa shape index (κ2) is 4.94. The van der Waals surface area contributed by atoms with Gasteiger partial charge in [0, 0.05) is 26.7 Å². The molecule has 2 atom stereocenters. The molecule has 0 spiro atoms. The molecule has 2 N–H and O–H groups in total. The zero-order valence-corrected chi connectivity index (χ0v) is 8.58. The number of rotatable bonds is 2. The van der Waals surface area contributed by atoms with Gasteiger partial charge in [0.15, 0.2) is 0 Å². The summed E-state index contributed by atoms with van der Waals surface area (Å²) < 4.78 is 0. The number of hydrogen-bond donors (Lipinski definition) is 2. The highest BCUT2D eigenvalue weighted by Crippen LogP contribution is 2.07. The monoisotopic (exact) mass is 196 g/mol. The fraction of sp³-hybridized carbons (Fsp3) is 0.778. The van der Waals surface area contributed by atoms with E-state index in [1.54, 1.807) is 7.05 Å². The molecule has 1 aliphatic rings. The minimum absolute atomic E-state index is 0.0284. The van der Waals surface area contributed by atoms with E-state index in [-0.39, 0.29) is 18.0 Å². The van der Waals surface area contributed by atoms with Gasteiger partial charge in [-0.25, -0.2) is 0 Å². The van der Waals surface area contributed by atoms with E-state index in [9.17, 15) is 4.79 Å². The van der Waals surface area contributed by atoms with Crippen molar-refractivity contribution in [2.45, 2.75) is 19.0 Å². The Morgan fingerprint density at radius 1 is 1.79 bits per heavy atom. The molecule has 1 heterocycles. The van der Waals surface area contributed by atoms with Crippen LogP contribution in [0.2, 0.25) is 0 Å². The van der Waals surface area contributed by atoms with Gasteiger partial charge in [-0.3, -0.25) is 9.69 Å². The molecular formula is C9H16N4O. The van der Waals surface area contributed by atoms with Gasteiger partial charge in [0.1, 0.15) is 6.04 Å². The summed E-state index contributed by atoms with van der Waals surface area (Å²) in [5.41, 5.74) is 0. The van der Waals surface area contributed by atoms with E-state index >= 15 is 0 Å². The quantitative estimate of drug-likeness (QED) is 0.589. The number of hydrogen-bond acceptors (Lipinski definition) is 4. The lowest BCUT2D eigenvalue weighted by atomic mass is 10.1. The molecule has 2 unspecified atom stereocenters. The van der Waals surface area contributed by atoms with Crippen molar-refractivity contribution in [1.29, 1.82) is 5.26 Å². The number of nitrogens with zero attached hydrogens (tertiary/aromatic N) is 2. The van der Waals surface area contributed by atoms with Crippen molar-refractivity contribution < 1.29 is 4.79 Å². The zero-order valence-electron chi connectivity index (χ0n) is 8.58. The van der Waals surface area contributed by atoms with E-state index in [0.717, 1.165) is 13.1 Å². The number of piperazine rings is 1. The van der Waals surface area contributed by atoms with Crippen LogP contribution < -0.4 is 10.6 Å². The molecule has 1 fully saturated rings. The van der Waals surface area contributed by atoms with Crippen LogP contribution in [0.5, 0.6) is 0 Å². The molecule has 0 bridgehead atoms. The maximum absolute atomic E-state index is 11.5. The van der Waals surface area contributed by atoms with Crippen LogP contribution >= 0.6 is 0 Å². The van der Waals surface area contributed by atoms with Crippen LogP contribution in [0.1, 0.15) is 6.92 Å². The van der Waals surface area contributed by atoms with Crippen molar-refractivity contribution in [1.82, 2.24) is 15.5 Å². The molecule has 0 saturated carbocycles. The van der Waals surface area contributed by atoms with E-state index in [1.165, 1.54) is 0 Å². The number of nitrogens with one attached hydrogen (secondary N) is 2. The minimum atomic E-state index is -0.219. The second-order valence-corrected chi connectivity index (χ2v) is 3.38. The predicted molar refractivity (Wildman–Crippen MR) is 52.5 cm³/mol. The molecule has 0 aliphatic carbocycles. The fourth-order valence-electron chi connectivity index (χ4n) is 1.67. The molecule has 5 nitrogen and oxygen atoms in total. The highest BCUT2D eigenvalue weighted by molar-refractivity contribution is 5.81. The molecular weight excluding hydrogens is 180 g/mol. The fourth-order valence-corrected chi connectivity index (χ4v) is 1.67. The largest absolute Gasteiger partial charge is 0.358 e. The number of amides is 1. The second-order valence-electron chi connectivity index (χ2n) is 3.38. The number of carbonyl (C=O) groups excluding carboxylic acids is 1.